The fraction of sp³-hybridized carbons (Fsp3) is 0.529. The second-order valence-electron chi connectivity index (χ2n) is 6.50. The lowest BCUT2D eigenvalue weighted by atomic mass is 9.80. The van der Waals surface area contributed by atoms with E-state index in [1.54, 1.807) is 5.56 Å². The molecule has 1 aliphatic heterocycles. The lowest BCUT2D eigenvalue weighted by molar-refractivity contribution is 0.258. The molecule has 0 spiro atoms. The molecule has 2 nitrogen and oxygen atoms in total. The molecule has 4 rings (SSSR count). The first-order chi connectivity index (χ1) is 9.24. The summed E-state index contributed by atoms with van der Waals surface area (Å²) in [7, 11) is 4.40. The second-order valence-corrected chi connectivity index (χ2v) is 6.50. The number of benzene rings is 1. The van der Waals surface area contributed by atoms with Gasteiger partial charge in [-0.05, 0) is 50.4 Å². The van der Waals surface area contributed by atoms with Gasteiger partial charge in [-0.2, -0.15) is 0 Å². The Morgan fingerprint density at radius 3 is 2.74 bits per heavy atom. The van der Waals surface area contributed by atoms with Gasteiger partial charge in [-0.25, -0.2) is 0 Å². The summed E-state index contributed by atoms with van der Waals surface area (Å²) in [6.45, 7) is 1.15. The highest BCUT2D eigenvalue weighted by Crippen LogP contribution is 2.42. The van der Waals surface area contributed by atoms with Gasteiger partial charge in [-0.15, -0.1) is 0 Å². The molecule has 0 N–H and O–H groups in total. The van der Waals surface area contributed by atoms with E-state index in [9.17, 15) is 0 Å². The van der Waals surface area contributed by atoms with Crippen LogP contribution in [0.4, 0.5) is 0 Å². The molecule has 0 amide bonds. The molecule has 2 heterocycles. The first-order valence-corrected chi connectivity index (χ1v) is 7.51. The Labute approximate surface area is 115 Å². The first-order valence-electron chi connectivity index (χ1n) is 7.51. The third kappa shape index (κ3) is 1.66. The smallest absolute Gasteiger partial charge is 0.0516 e. The molecule has 2 aromatic rings. The van der Waals surface area contributed by atoms with Gasteiger partial charge in [-0.1, -0.05) is 24.6 Å². The average molecular weight is 254 g/mol. The minimum Gasteiger partial charge on any atom is -0.345 e. The molecule has 100 valence electrons. The number of para-hydroxylation sites is 1. The summed E-state index contributed by atoms with van der Waals surface area (Å²) >= 11 is 0. The predicted octanol–water partition coefficient (Wildman–Crippen LogP) is 3.40. The highest BCUT2D eigenvalue weighted by atomic mass is 15.1. The molecular formula is C17H22N2. The minimum absolute atomic E-state index is 0.639. The predicted molar refractivity (Wildman–Crippen MR) is 79.7 cm³/mol. The molecular weight excluding hydrogens is 232 g/mol. The number of likely N-dealkylation sites (N-methyl/N-ethyl adjacent to an activating group) is 1. The van der Waals surface area contributed by atoms with Crippen molar-refractivity contribution in [2.24, 2.45) is 0 Å². The molecule has 2 aliphatic rings. The van der Waals surface area contributed by atoms with Crippen molar-refractivity contribution in [3.8, 4) is 0 Å². The Hall–Kier alpha value is -1.28. The zero-order chi connectivity index (χ0) is 13.0. The van der Waals surface area contributed by atoms with E-state index < -0.39 is 0 Å². The summed E-state index contributed by atoms with van der Waals surface area (Å²) in [5, 5.41) is 1.53. The van der Waals surface area contributed by atoms with E-state index in [2.05, 4.69) is 48.0 Å². The molecule has 1 aliphatic carbocycles. The maximum atomic E-state index is 2.52. The Bertz CT molecular complexity index is 619. The molecule has 1 unspecified atom stereocenters. The topological polar surface area (TPSA) is 8.17 Å². The van der Waals surface area contributed by atoms with Crippen LogP contribution in [0.5, 0.6) is 0 Å². The molecule has 1 saturated carbocycles. The third-order valence-corrected chi connectivity index (χ3v) is 5.15. The van der Waals surface area contributed by atoms with Crippen molar-refractivity contribution < 1.29 is 0 Å². The lowest BCUT2D eigenvalue weighted by Gasteiger charge is -2.29. The fourth-order valence-electron chi connectivity index (χ4n) is 3.71. The molecule has 2 heteroatoms. The van der Waals surface area contributed by atoms with Gasteiger partial charge >= 0.3 is 0 Å². The van der Waals surface area contributed by atoms with Crippen LogP contribution in [0.25, 0.3) is 10.9 Å². The standard InChI is InChI=1S/C17H22N2/c1-18(2)14-9-13-7-4-8-15-16(12-5-3-6-12)11-19(10-14)17(13)15/h4,7-8,11-12,14H,3,5-6,9-10H2,1-2H3. The maximum Gasteiger partial charge on any atom is 0.0516 e. The summed E-state index contributed by atoms with van der Waals surface area (Å²) in [6.07, 6.45) is 7.84. The van der Waals surface area contributed by atoms with Crippen LogP contribution in [0.1, 0.15) is 36.3 Å². The molecule has 0 saturated heterocycles. The molecule has 19 heavy (non-hydrogen) atoms. The van der Waals surface area contributed by atoms with Crippen LogP contribution in [0.2, 0.25) is 0 Å². The van der Waals surface area contributed by atoms with Crippen molar-refractivity contribution in [3.05, 3.63) is 35.5 Å². The van der Waals surface area contributed by atoms with Crippen molar-refractivity contribution in [3.63, 3.8) is 0 Å². The minimum atomic E-state index is 0.639. The van der Waals surface area contributed by atoms with Crippen molar-refractivity contribution in [2.45, 2.75) is 44.2 Å². The summed E-state index contributed by atoms with van der Waals surface area (Å²) in [6, 6.07) is 7.54. The van der Waals surface area contributed by atoms with Gasteiger partial charge in [0.1, 0.15) is 0 Å². The maximum absolute atomic E-state index is 2.52. The van der Waals surface area contributed by atoms with Gasteiger partial charge in [-0.3, -0.25) is 0 Å². The highest BCUT2D eigenvalue weighted by Gasteiger charge is 2.28. The van der Waals surface area contributed by atoms with E-state index in [0.29, 0.717) is 6.04 Å². The van der Waals surface area contributed by atoms with E-state index in [0.717, 1.165) is 12.5 Å². The number of rotatable bonds is 2. The molecule has 1 atom stereocenters. The third-order valence-electron chi connectivity index (χ3n) is 5.15. The number of aromatic nitrogens is 1. The highest BCUT2D eigenvalue weighted by molar-refractivity contribution is 5.88. The largest absolute Gasteiger partial charge is 0.345 e. The van der Waals surface area contributed by atoms with Crippen LogP contribution >= 0.6 is 0 Å². The van der Waals surface area contributed by atoms with Crippen molar-refractivity contribution in [2.75, 3.05) is 14.1 Å². The monoisotopic (exact) mass is 254 g/mol. The van der Waals surface area contributed by atoms with Crippen LogP contribution in [0, 0.1) is 0 Å². The van der Waals surface area contributed by atoms with E-state index in [1.807, 2.05) is 0 Å². The zero-order valence-corrected chi connectivity index (χ0v) is 11.9. The van der Waals surface area contributed by atoms with Crippen LogP contribution in [-0.4, -0.2) is 29.6 Å². The average Bonchev–Trinajstić information content (AvgIpc) is 2.68. The number of hydrogen-bond acceptors (Lipinski definition) is 1. The van der Waals surface area contributed by atoms with Gasteiger partial charge < -0.3 is 9.47 Å². The van der Waals surface area contributed by atoms with Gasteiger partial charge in [0.15, 0.2) is 0 Å². The van der Waals surface area contributed by atoms with Crippen LogP contribution in [0.15, 0.2) is 24.4 Å². The molecule has 1 aromatic heterocycles. The Balaban J connectivity index is 1.86. The van der Waals surface area contributed by atoms with Gasteiger partial charge in [0.25, 0.3) is 0 Å². The summed E-state index contributed by atoms with van der Waals surface area (Å²) in [5.41, 5.74) is 4.66. The quantitative estimate of drug-likeness (QED) is 0.797. The summed E-state index contributed by atoms with van der Waals surface area (Å²) in [4.78, 5) is 2.37. The molecule has 0 radical (unpaired) electrons. The summed E-state index contributed by atoms with van der Waals surface area (Å²) < 4.78 is 2.52. The molecule has 1 aromatic carbocycles. The fourth-order valence-corrected chi connectivity index (χ4v) is 3.71. The van der Waals surface area contributed by atoms with Crippen LogP contribution in [-0.2, 0) is 13.0 Å². The zero-order valence-electron chi connectivity index (χ0n) is 11.9. The van der Waals surface area contributed by atoms with Crippen molar-refractivity contribution in [1.82, 2.24) is 9.47 Å². The Kier molecular flexibility index (Phi) is 2.49. The second kappa shape index (κ2) is 4.11. The lowest BCUT2D eigenvalue weighted by Crippen LogP contribution is -2.36. The van der Waals surface area contributed by atoms with E-state index in [-0.39, 0.29) is 0 Å². The van der Waals surface area contributed by atoms with Gasteiger partial charge in [0.05, 0.1) is 5.52 Å². The normalized spacial score (nSPS) is 23.0. The molecule has 1 fully saturated rings. The van der Waals surface area contributed by atoms with E-state index in [1.165, 1.54) is 42.1 Å². The Morgan fingerprint density at radius 2 is 2.05 bits per heavy atom. The molecule has 0 bridgehead atoms. The van der Waals surface area contributed by atoms with Crippen LogP contribution < -0.4 is 0 Å². The first kappa shape index (κ1) is 11.5. The summed E-state index contributed by atoms with van der Waals surface area (Å²) in [5.74, 6) is 0.829. The Morgan fingerprint density at radius 1 is 1.21 bits per heavy atom. The van der Waals surface area contributed by atoms with E-state index in [4.69, 9.17) is 0 Å². The van der Waals surface area contributed by atoms with Gasteiger partial charge in [0.2, 0.25) is 0 Å². The SMILES string of the molecule is CN(C)C1Cc2cccc3c(C4CCC4)cn(c23)C1. The van der Waals surface area contributed by atoms with Gasteiger partial charge in [0, 0.05) is 24.2 Å². The van der Waals surface area contributed by atoms with Crippen molar-refractivity contribution >= 4 is 10.9 Å². The van der Waals surface area contributed by atoms with E-state index >= 15 is 0 Å². The number of nitrogens with zero attached hydrogens (tertiary/aromatic N) is 2. The van der Waals surface area contributed by atoms with Crippen molar-refractivity contribution in [1.29, 1.82) is 0 Å². The number of hydrogen-bond donors (Lipinski definition) is 0. The van der Waals surface area contributed by atoms with Crippen LogP contribution in [0.3, 0.4) is 0 Å².